The van der Waals surface area contributed by atoms with Gasteiger partial charge in [0, 0.05) is 41.8 Å². The number of cyclic esters (lactones) is 1. The number of aryl methyl sites for hydroxylation is 1. The minimum atomic E-state index is -3.83. The molecule has 1 N–H and O–H groups in total. The lowest BCUT2D eigenvalue weighted by atomic mass is 9.90. The van der Waals surface area contributed by atoms with Crippen LogP contribution in [0.25, 0.3) is 22.2 Å². The second-order valence-corrected chi connectivity index (χ2v) is 19.1. The van der Waals surface area contributed by atoms with Crippen LogP contribution in [-0.2, 0) is 40.4 Å². The van der Waals surface area contributed by atoms with Gasteiger partial charge in [0.25, 0.3) is 0 Å². The summed E-state index contributed by atoms with van der Waals surface area (Å²) in [7, 11) is -2.18. The smallest absolute Gasteiger partial charge is 0.306 e. The fraction of sp³-hybridized carbons (Fsp3) is 0.578. The van der Waals surface area contributed by atoms with Gasteiger partial charge in [-0.15, -0.1) is 0 Å². The lowest BCUT2D eigenvalue weighted by Gasteiger charge is -2.29. The molecule has 1 aromatic heterocycles. The first-order valence-corrected chi connectivity index (χ1v) is 22.9. The van der Waals surface area contributed by atoms with Gasteiger partial charge in [-0.3, -0.25) is 23.9 Å². The third-order valence-electron chi connectivity index (χ3n) is 13.0. The Labute approximate surface area is 340 Å². The van der Waals surface area contributed by atoms with E-state index in [1.54, 1.807) is 12.0 Å². The summed E-state index contributed by atoms with van der Waals surface area (Å²) >= 11 is 0. The lowest BCUT2D eigenvalue weighted by molar-refractivity contribution is -0.150. The van der Waals surface area contributed by atoms with Crippen molar-refractivity contribution in [3.05, 3.63) is 54.1 Å². The maximum absolute atomic E-state index is 14.8. The molecule has 5 bridgehead atoms. The highest BCUT2D eigenvalue weighted by molar-refractivity contribution is 7.90. The highest BCUT2D eigenvalue weighted by Gasteiger charge is 2.62. The number of nitrogens with one attached hydrogen (secondary N) is 1. The summed E-state index contributed by atoms with van der Waals surface area (Å²) in [4.78, 5) is 63.3. The Hall–Kier alpha value is -4.52. The molecule has 5 atom stereocenters. The number of Topliss-reactive ketones (excluding diaryl/α,β-unsaturated/α-hetero) is 1. The molecule has 4 heterocycles. The van der Waals surface area contributed by atoms with Crippen LogP contribution in [0.1, 0.15) is 108 Å². The number of aromatic nitrogens is 1. The second-order valence-electron chi connectivity index (χ2n) is 17.2. The largest absolute Gasteiger partial charge is 0.496 e. The molecule has 4 fully saturated rings. The monoisotopic (exact) mass is 813 g/mol. The summed E-state index contributed by atoms with van der Waals surface area (Å²) in [5.41, 5.74) is 2.13. The number of methoxy groups -OCH3 is 1. The molecule has 2 saturated heterocycles. The molecule has 3 aromatic rings. The Balaban J connectivity index is 1.17. The summed E-state index contributed by atoms with van der Waals surface area (Å²) < 4.78 is 46.7. The van der Waals surface area contributed by atoms with Crippen LogP contribution >= 0.6 is 0 Å². The Morgan fingerprint density at radius 1 is 0.931 bits per heavy atom. The predicted octanol–water partition coefficient (Wildman–Crippen LogP) is 6.85. The van der Waals surface area contributed by atoms with Gasteiger partial charge in [-0.05, 0) is 75.3 Å². The minimum absolute atomic E-state index is 0.0810. The fourth-order valence-electron chi connectivity index (χ4n) is 9.47. The number of hydrogen-bond donors (Lipinski definition) is 1. The molecule has 2 aliphatic carbocycles. The highest BCUT2D eigenvalue weighted by atomic mass is 32.2. The molecule has 13 heteroatoms. The molecule has 5 aliphatic rings. The second kappa shape index (κ2) is 17.0. The first-order chi connectivity index (χ1) is 28.0. The number of carbonyl (C=O) groups is 4. The van der Waals surface area contributed by atoms with E-state index in [1.165, 1.54) is 0 Å². The van der Waals surface area contributed by atoms with Crippen LogP contribution in [0.2, 0.25) is 0 Å². The zero-order chi connectivity index (χ0) is 40.4. The molecular formula is C45H55N3O9S. The zero-order valence-corrected chi connectivity index (χ0v) is 34.2. The SMILES string of the molecule is COc1cc2nc(-c3ccccc3)cc3c2cc1CCCCCOC(=O)C[C@H]1CCCCCCC[C@@H]2C[C@@]2(C(=O)NS(=O)(=O)C2CC2)CC(=O)[C@@H]2C[C@H](CN2C1=O)O3. The molecule has 310 valence electrons. The van der Waals surface area contributed by atoms with Gasteiger partial charge in [0.2, 0.25) is 21.8 Å². The van der Waals surface area contributed by atoms with Gasteiger partial charge in [-0.2, -0.15) is 0 Å². The van der Waals surface area contributed by atoms with E-state index in [-0.39, 0.29) is 50.0 Å². The van der Waals surface area contributed by atoms with Crippen molar-refractivity contribution in [1.82, 2.24) is 14.6 Å². The van der Waals surface area contributed by atoms with Gasteiger partial charge in [-0.1, -0.05) is 62.4 Å². The topological polar surface area (TPSA) is 158 Å². The Kier molecular flexibility index (Phi) is 11.8. The zero-order valence-electron chi connectivity index (χ0n) is 33.4. The number of hydrogen-bond acceptors (Lipinski definition) is 10. The van der Waals surface area contributed by atoms with E-state index < -0.39 is 50.6 Å². The van der Waals surface area contributed by atoms with Gasteiger partial charge in [0.1, 0.15) is 17.6 Å². The predicted molar refractivity (Wildman–Crippen MR) is 217 cm³/mol. The Bertz CT molecular complexity index is 2160. The van der Waals surface area contributed by atoms with Gasteiger partial charge in [0.15, 0.2) is 5.78 Å². The molecule has 0 radical (unpaired) electrons. The van der Waals surface area contributed by atoms with Crippen LogP contribution in [0.5, 0.6) is 11.5 Å². The van der Waals surface area contributed by atoms with Crippen molar-refractivity contribution in [2.45, 2.75) is 127 Å². The molecule has 2 saturated carbocycles. The van der Waals surface area contributed by atoms with Crippen molar-refractivity contribution >= 4 is 44.5 Å². The van der Waals surface area contributed by atoms with E-state index in [0.717, 1.165) is 74.3 Å². The molecule has 3 aliphatic heterocycles. The van der Waals surface area contributed by atoms with Gasteiger partial charge in [0.05, 0.1) is 54.6 Å². The third kappa shape index (κ3) is 8.74. The number of nitrogens with zero attached hydrogens (tertiary/aromatic N) is 2. The number of rotatable bonds is 5. The molecule has 0 unspecified atom stereocenters. The fourth-order valence-corrected chi connectivity index (χ4v) is 10.9. The van der Waals surface area contributed by atoms with Crippen molar-refractivity contribution < 1.29 is 41.8 Å². The average molecular weight is 814 g/mol. The van der Waals surface area contributed by atoms with Gasteiger partial charge >= 0.3 is 5.97 Å². The van der Waals surface area contributed by atoms with Crippen LogP contribution in [0, 0.1) is 17.3 Å². The molecule has 0 spiro atoms. The van der Waals surface area contributed by atoms with E-state index in [9.17, 15) is 27.6 Å². The van der Waals surface area contributed by atoms with Crippen molar-refractivity contribution in [3.8, 4) is 22.8 Å². The standard InChI is InChI=1S/C45H55N3O9S/c1-55-40-25-37-35-21-30(40)15-10-6-12-20-56-42(50)22-31-16-7-3-2-4-11-17-32-26-45(32,44(52)47-58(53,54)34-18-19-34)27-39(49)38-23-33(28-48(38)43(31)51)57-41(35)24-36(46-37)29-13-8-5-9-14-29/h5,8-9,13-14,21,24-25,31-34,38H,2-4,6-7,10-12,15-20,22-23,26-28H2,1H3,(H,47,52)/t31-,32-,33-,38+,45-/m1/s1. The van der Waals surface area contributed by atoms with Crippen LogP contribution < -0.4 is 14.2 Å². The summed E-state index contributed by atoms with van der Waals surface area (Å²) in [6, 6.07) is 14.8. The minimum Gasteiger partial charge on any atom is -0.496 e. The normalized spacial score (nSPS) is 27.7. The number of ether oxygens (including phenoxy) is 3. The first kappa shape index (κ1) is 40.3. The molecule has 8 rings (SSSR count). The quantitative estimate of drug-likeness (QED) is 0.270. The summed E-state index contributed by atoms with van der Waals surface area (Å²) in [6.07, 6.45) is 9.46. The maximum Gasteiger partial charge on any atom is 0.306 e. The van der Waals surface area contributed by atoms with E-state index in [4.69, 9.17) is 19.2 Å². The van der Waals surface area contributed by atoms with Gasteiger partial charge in [-0.25, -0.2) is 13.4 Å². The van der Waals surface area contributed by atoms with E-state index >= 15 is 0 Å². The average Bonchev–Trinajstić information content (AvgIpc) is 4.14. The summed E-state index contributed by atoms with van der Waals surface area (Å²) in [5, 5.41) is 0.216. The number of fused-ring (bicyclic) bond motifs is 4. The lowest BCUT2D eigenvalue weighted by Crippen LogP contribution is -2.46. The van der Waals surface area contributed by atoms with E-state index in [1.807, 2.05) is 42.5 Å². The van der Waals surface area contributed by atoms with E-state index in [2.05, 4.69) is 10.8 Å². The maximum atomic E-state index is 14.8. The first-order valence-electron chi connectivity index (χ1n) is 21.3. The van der Waals surface area contributed by atoms with Crippen LogP contribution in [0.15, 0.2) is 48.5 Å². The van der Waals surface area contributed by atoms with Crippen molar-refractivity contribution in [2.24, 2.45) is 17.3 Å². The van der Waals surface area contributed by atoms with Crippen LogP contribution in [0.4, 0.5) is 0 Å². The molecule has 2 aromatic carbocycles. The highest BCUT2D eigenvalue weighted by Crippen LogP contribution is 2.59. The number of pyridine rings is 1. The molecule has 58 heavy (non-hydrogen) atoms. The molecule has 2 amide bonds. The summed E-state index contributed by atoms with van der Waals surface area (Å²) in [5.74, 6) is -1.13. The van der Waals surface area contributed by atoms with Crippen LogP contribution in [-0.4, -0.2) is 79.5 Å². The number of carbonyl (C=O) groups excluding carboxylic acids is 4. The van der Waals surface area contributed by atoms with Crippen molar-refractivity contribution in [2.75, 3.05) is 20.3 Å². The molecular weight excluding hydrogens is 759 g/mol. The van der Waals surface area contributed by atoms with Crippen LogP contribution in [0.3, 0.4) is 0 Å². The van der Waals surface area contributed by atoms with Crippen molar-refractivity contribution in [3.63, 3.8) is 0 Å². The van der Waals surface area contributed by atoms with Gasteiger partial charge < -0.3 is 19.1 Å². The number of amides is 2. The third-order valence-corrected chi connectivity index (χ3v) is 14.9. The van der Waals surface area contributed by atoms with E-state index in [0.29, 0.717) is 54.8 Å². The Morgan fingerprint density at radius 2 is 1.69 bits per heavy atom. The van der Waals surface area contributed by atoms with Crippen molar-refractivity contribution in [1.29, 1.82) is 0 Å². The number of esters is 1. The number of benzene rings is 2. The Morgan fingerprint density at radius 3 is 2.47 bits per heavy atom. The summed E-state index contributed by atoms with van der Waals surface area (Å²) in [6.45, 7) is 0.362. The number of sulfonamides is 1. The molecule has 12 nitrogen and oxygen atoms in total. The number of ketones is 1.